The SMILES string of the molecule is NCC(NC(=O)c1ccc(-c2ccccc2F)o1)C1CC1. The average Bonchev–Trinajstić information content (AvgIpc) is 3.21. The predicted octanol–water partition coefficient (Wildman–Crippen LogP) is 2.55. The maximum atomic E-state index is 13.7. The fourth-order valence-electron chi connectivity index (χ4n) is 2.37. The van der Waals surface area contributed by atoms with Crippen LogP contribution in [0.2, 0.25) is 0 Å². The van der Waals surface area contributed by atoms with E-state index in [0.717, 1.165) is 12.8 Å². The lowest BCUT2D eigenvalue weighted by Crippen LogP contribution is -2.41. The Balaban J connectivity index is 1.75. The van der Waals surface area contributed by atoms with Gasteiger partial charge in [-0.2, -0.15) is 0 Å². The van der Waals surface area contributed by atoms with Crippen LogP contribution in [0.4, 0.5) is 4.39 Å². The molecule has 0 saturated heterocycles. The Morgan fingerprint density at radius 1 is 1.33 bits per heavy atom. The van der Waals surface area contributed by atoms with E-state index in [9.17, 15) is 9.18 Å². The lowest BCUT2D eigenvalue weighted by molar-refractivity contribution is 0.0906. The highest BCUT2D eigenvalue weighted by Crippen LogP contribution is 2.32. The van der Waals surface area contributed by atoms with Crippen molar-refractivity contribution in [1.82, 2.24) is 5.32 Å². The fourth-order valence-corrected chi connectivity index (χ4v) is 2.37. The molecule has 4 nitrogen and oxygen atoms in total. The maximum Gasteiger partial charge on any atom is 0.287 e. The van der Waals surface area contributed by atoms with Crippen LogP contribution in [0.25, 0.3) is 11.3 Å². The number of benzene rings is 1. The number of furan rings is 1. The molecule has 0 spiro atoms. The van der Waals surface area contributed by atoms with Crippen LogP contribution < -0.4 is 11.1 Å². The molecule has 1 unspecified atom stereocenters. The van der Waals surface area contributed by atoms with E-state index in [2.05, 4.69) is 5.32 Å². The van der Waals surface area contributed by atoms with Crippen LogP contribution in [-0.4, -0.2) is 18.5 Å². The van der Waals surface area contributed by atoms with Crippen molar-refractivity contribution in [2.24, 2.45) is 11.7 Å². The molecule has 1 aliphatic rings. The third-order valence-electron chi connectivity index (χ3n) is 3.73. The van der Waals surface area contributed by atoms with Gasteiger partial charge in [-0.3, -0.25) is 4.79 Å². The van der Waals surface area contributed by atoms with E-state index >= 15 is 0 Å². The molecule has 0 radical (unpaired) electrons. The summed E-state index contributed by atoms with van der Waals surface area (Å²) >= 11 is 0. The maximum absolute atomic E-state index is 13.7. The Morgan fingerprint density at radius 3 is 2.76 bits per heavy atom. The van der Waals surface area contributed by atoms with Crippen LogP contribution in [0, 0.1) is 11.7 Å². The van der Waals surface area contributed by atoms with Gasteiger partial charge in [-0.15, -0.1) is 0 Å². The number of rotatable bonds is 5. The Hall–Kier alpha value is -2.14. The van der Waals surface area contributed by atoms with E-state index in [4.69, 9.17) is 10.2 Å². The van der Waals surface area contributed by atoms with Gasteiger partial charge in [0.25, 0.3) is 5.91 Å². The molecule has 1 atom stereocenters. The predicted molar refractivity (Wildman–Crippen MR) is 77.1 cm³/mol. The molecule has 21 heavy (non-hydrogen) atoms. The number of nitrogens with one attached hydrogen (secondary N) is 1. The van der Waals surface area contributed by atoms with Crippen LogP contribution in [0.5, 0.6) is 0 Å². The summed E-state index contributed by atoms with van der Waals surface area (Å²) in [6.45, 7) is 0.414. The zero-order valence-corrected chi connectivity index (χ0v) is 11.5. The highest BCUT2D eigenvalue weighted by atomic mass is 19.1. The summed E-state index contributed by atoms with van der Waals surface area (Å²) < 4.78 is 19.2. The Morgan fingerprint density at radius 2 is 2.10 bits per heavy atom. The third-order valence-corrected chi connectivity index (χ3v) is 3.73. The summed E-state index contributed by atoms with van der Waals surface area (Å²) in [7, 11) is 0. The van der Waals surface area contributed by atoms with Gasteiger partial charge in [-0.1, -0.05) is 12.1 Å². The summed E-state index contributed by atoms with van der Waals surface area (Å²) in [4.78, 5) is 12.1. The van der Waals surface area contributed by atoms with Crippen molar-refractivity contribution < 1.29 is 13.6 Å². The summed E-state index contributed by atoms with van der Waals surface area (Å²) in [5.74, 6) is 0.304. The summed E-state index contributed by atoms with van der Waals surface area (Å²) in [5.41, 5.74) is 6.00. The van der Waals surface area contributed by atoms with E-state index in [1.807, 2.05) is 0 Å². The molecule has 1 aromatic heterocycles. The molecule has 1 amide bonds. The minimum absolute atomic E-state index is 0.0143. The van der Waals surface area contributed by atoms with Crippen molar-refractivity contribution in [2.75, 3.05) is 6.54 Å². The van der Waals surface area contributed by atoms with Gasteiger partial charge >= 0.3 is 0 Å². The van der Waals surface area contributed by atoms with Gasteiger partial charge in [-0.05, 0) is 43.0 Å². The average molecular weight is 288 g/mol. The van der Waals surface area contributed by atoms with Gasteiger partial charge in [0.15, 0.2) is 5.76 Å². The van der Waals surface area contributed by atoms with Crippen LogP contribution >= 0.6 is 0 Å². The minimum atomic E-state index is -0.378. The number of carbonyl (C=O) groups excluding carboxylic acids is 1. The normalized spacial score (nSPS) is 15.7. The monoisotopic (exact) mass is 288 g/mol. The zero-order valence-electron chi connectivity index (χ0n) is 11.5. The second-order valence-electron chi connectivity index (χ2n) is 5.30. The summed E-state index contributed by atoms with van der Waals surface area (Å²) in [6.07, 6.45) is 2.20. The van der Waals surface area contributed by atoms with Crippen molar-refractivity contribution in [1.29, 1.82) is 0 Å². The van der Waals surface area contributed by atoms with Crippen LogP contribution in [0.15, 0.2) is 40.8 Å². The Bertz CT molecular complexity index is 649. The first kappa shape index (κ1) is 13.8. The third kappa shape index (κ3) is 2.97. The minimum Gasteiger partial charge on any atom is -0.451 e. The van der Waals surface area contributed by atoms with Crippen molar-refractivity contribution in [3.63, 3.8) is 0 Å². The van der Waals surface area contributed by atoms with E-state index < -0.39 is 0 Å². The molecule has 3 rings (SSSR count). The van der Waals surface area contributed by atoms with Gasteiger partial charge in [0.1, 0.15) is 11.6 Å². The smallest absolute Gasteiger partial charge is 0.287 e. The first-order valence-electron chi connectivity index (χ1n) is 7.04. The molecular weight excluding hydrogens is 271 g/mol. The Kier molecular flexibility index (Phi) is 3.75. The molecule has 0 bridgehead atoms. The van der Waals surface area contributed by atoms with Crippen molar-refractivity contribution in [2.45, 2.75) is 18.9 Å². The number of halogens is 1. The van der Waals surface area contributed by atoms with Gasteiger partial charge in [0.2, 0.25) is 0 Å². The molecule has 1 aliphatic carbocycles. The summed E-state index contributed by atoms with van der Waals surface area (Å²) in [5, 5.41) is 2.87. The van der Waals surface area contributed by atoms with Gasteiger partial charge in [-0.25, -0.2) is 4.39 Å². The molecule has 5 heteroatoms. The van der Waals surface area contributed by atoms with E-state index in [1.165, 1.54) is 6.07 Å². The quantitative estimate of drug-likeness (QED) is 0.888. The first-order valence-corrected chi connectivity index (χ1v) is 7.04. The first-order chi connectivity index (χ1) is 10.2. The Labute approximate surface area is 122 Å². The second-order valence-corrected chi connectivity index (χ2v) is 5.30. The standard InChI is InChI=1S/C16H17FN2O2/c17-12-4-2-1-3-11(12)14-7-8-15(21-14)16(20)19-13(9-18)10-5-6-10/h1-4,7-8,10,13H,5-6,9,18H2,(H,19,20). The molecule has 3 N–H and O–H groups in total. The highest BCUT2D eigenvalue weighted by Gasteiger charge is 2.31. The topological polar surface area (TPSA) is 68.3 Å². The number of hydrogen-bond acceptors (Lipinski definition) is 3. The van der Waals surface area contributed by atoms with Crippen molar-refractivity contribution >= 4 is 5.91 Å². The van der Waals surface area contributed by atoms with Crippen molar-refractivity contribution in [3.8, 4) is 11.3 Å². The van der Waals surface area contributed by atoms with Crippen LogP contribution in [-0.2, 0) is 0 Å². The largest absolute Gasteiger partial charge is 0.451 e. The van der Waals surface area contributed by atoms with E-state index in [1.54, 1.807) is 30.3 Å². The molecule has 2 aromatic rings. The van der Waals surface area contributed by atoms with Crippen LogP contribution in [0.3, 0.4) is 0 Å². The highest BCUT2D eigenvalue weighted by molar-refractivity contribution is 5.92. The van der Waals surface area contributed by atoms with Gasteiger partial charge in [0.05, 0.1) is 5.56 Å². The molecule has 110 valence electrons. The van der Waals surface area contributed by atoms with Gasteiger partial charge in [0, 0.05) is 12.6 Å². The number of nitrogens with two attached hydrogens (primary N) is 1. The second kappa shape index (κ2) is 5.69. The van der Waals surface area contributed by atoms with Crippen LogP contribution in [0.1, 0.15) is 23.4 Å². The van der Waals surface area contributed by atoms with E-state index in [-0.39, 0.29) is 23.5 Å². The molecule has 1 heterocycles. The fraction of sp³-hybridized carbons (Fsp3) is 0.312. The molecular formula is C16H17FN2O2. The lowest BCUT2D eigenvalue weighted by Gasteiger charge is -2.14. The van der Waals surface area contributed by atoms with E-state index in [0.29, 0.717) is 23.8 Å². The molecule has 1 aromatic carbocycles. The summed E-state index contributed by atoms with van der Waals surface area (Å²) in [6, 6.07) is 9.44. The molecule has 0 aliphatic heterocycles. The zero-order chi connectivity index (χ0) is 14.8. The molecule has 1 saturated carbocycles. The van der Waals surface area contributed by atoms with Gasteiger partial charge < -0.3 is 15.5 Å². The molecule has 1 fully saturated rings. The lowest BCUT2D eigenvalue weighted by atomic mass is 10.1. The number of carbonyl (C=O) groups is 1. The number of amides is 1. The number of hydrogen-bond donors (Lipinski definition) is 2. The van der Waals surface area contributed by atoms with Crippen molar-refractivity contribution in [3.05, 3.63) is 48.0 Å².